The van der Waals surface area contributed by atoms with E-state index >= 15 is 0 Å². The summed E-state index contributed by atoms with van der Waals surface area (Å²) in [6.07, 6.45) is 1.31. The number of aromatic nitrogens is 1. The van der Waals surface area contributed by atoms with Gasteiger partial charge in [0.25, 0.3) is 5.91 Å². The van der Waals surface area contributed by atoms with Crippen LogP contribution in [0, 0.1) is 0 Å². The number of amides is 1. The first-order chi connectivity index (χ1) is 6.44. The molecule has 5 heteroatoms. The summed E-state index contributed by atoms with van der Waals surface area (Å²) in [7, 11) is 0. The van der Waals surface area contributed by atoms with Crippen LogP contribution >= 0.6 is 0 Å². The number of hydrogen-bond donors (Lipinski definition) is 2. The fourth-order valence-corrected chi connectivity index (χ4v) is 1.000. The lowest BCUT2D eigenvalue weighted by Gasteiger charge is -2.19. The summed E-state index contributed by atoms with van der Waals surface area (Å²) >= 11 is 0. The highest BCUT2D eigenvalue weighted by Gasteiger charge is 2.19. The highest BCUT2D eigenvalue weighted by atomic mass is 16.5. The zero-order chi connectivity index (χ0) is 10.8. The van der Waals surface area contributed by atoms with Gasteiger partial charge < -0.3 is 15.6 Å². The zero-order valence-corrected chi connectivity index (χ0v) is 8.63. The molecule has 0 bridgehead atoms. The number of rotatable bonds is 2. The van der Waals surface area contributed by atoms with E-state index in [-0.39, 0.29) is 18.0 Å². The summed E-state index contributed by atoms with van der Waals surface area (Å²) in [6, 6.07) is 0. The third kappa shape index (κ3) is 2.56. The van der Waals surface area contributed by atoms with Gasteiger partial charge in [0, 0.05) is 12.1 Å². The van der Waals surface area contributed by atoms with Crippen LogP contribution in [0.25, 0.3) is 0 Å². The van der Waals surface area contributed by atoms with Gasteiger partial charge in [0.2, 0.25) is 0 Å². The van der Waals surface area contributed by atoms with Gasteiger partial charge in [-0.2, -0.15) is 0 Å². The van der Waals surface area contributed by atoms with Gasteiger partial charge in [0.05, 0.1) is 0 Å². The summed E-state index contributed by atoms with van der Waals surface area (Å²) in [5.41, 5.74) is 6.00. The Bertz CT molecular complexity index is 325. The number of carbonyl (C=O) groups excluding carboxylic acids is 1. The molecule has 1 aromatic heterocycles. The van der Waals surface area contributed by atoms with E-state index in [1.807, 2.05) is 20.8 Å². The summed E-state index contributed by atoms with van der Waals surface area (Å²) in [4.78, 5) is 11.6. The first-order valence-electron chi connectivity index (χ1n) is 4.40. The predicted molar refractivity (Wildman–Crippen MR) is 51.6 cm³/mol. The van der Waals surface area contributed by atoms with Gasteiger partial charge in [-0.25, -0.2) is 0 Å². The maximum atomic E-state index is 11.6. The minimum Gasteiger partial charge on any atom is -0.364 e. The molecule has 0 saturated heterocycles. The molecular formula is C9H15N3O2. The molecule has 1 aromatic rings. The number of nitrogens with two attached hydrogens (primary N) is 1. The van der Waals surface area contributed by atoms with E-state index in [4.69, 9.17) is 5.73 Å². The predicted octanol–water partition coefficient (Wildman–Crippen LogP) is 0.662. The summed E-state index contributed by atoms with van der Waals surface area (Å²) in [6.45, 7) is 5.91. The Hall–Kier alpha value is -1.36. The minimum atomic E-state index is -0.278. The van der Waals surface area contributed by atoms with Gasteiger partial charge in [0.15, 0.2) is 0 Å². The lowest BCUT2D eigenvalue weighted by Crippen LogP contribution is -2.40. The Balaban J connectivity index is 2.80. The molecule has 0 aliphatic carbocycles. The molecule has 0 spiro atoms. The van der Waals surface area contributed by atoms with Crippen LogP contribution in [-0.2, 0) is 6.54 Å². The Morgan fingerprint density at radius 1 is 1.64 bits per heavy atom. The normalized spacial score (nSPS) is 11.4. The number of nitrogens with one attached hydrogen (secondary N) is 1. The molecule has 1 rings (SSSR count). The van der Waals surface area contributed by atoms with E-state index in [1.165, 1.54) is 6.26 Å². The SMILES string of the molecule is CC(C)(C)NC(=O)c1conc1CN. The van der Waals surface area contributed by atoms with Crippen molar-refractivity contribution in [3.8, 4) is 0 Å². The summed E-state index contributed by atoms with van der Waals surface area (Å²) in [5.74, 6) is -0.209. The van der Waals surface area contributed by atoms with Crippen molar-refractivity contribution < 1.29 is 9.32 Å². The molecule has 5 nitrogen and oxygen atoms in total. The van der Waals surface area contributed by atoms with Crippen molar-refractivity contribution in [3.63, 3.8) is 0 Å². The van der Waals surface area contributed by atoms with E-state index in [0.717, 1.165) is 0 Å². The molecule has 0 unspecified atom stereocenters. The molecule has 0 aromatic carbocycles. The Morgan fingerprint density at radius 2 is 2.29 bits per heavy atom. The van der Waals surface area contributed by atoms with Crippen LogP contribution in [0.5, 0.6) is 0 Å². The van der Waals surface area contributed by atoms with Gasteiger partial charge in [-0.3, -0.25) is 4.79 Å². The lowest BCUT2D eigenvalue weighted by atomic mass is 10.1. The lowest BCUT2D eigenvalue weighted by molar-refractivity contribution is 0.0918. The molecule has 78 valence electrons. The van der Waals surface area contributed by atoms with E-state index in [9.17, 15) is 4.79 Å². The molecule has 1 heterocycles. The topological polar surface area (TPSA) is 81.2 Å². The van der Waals surface area contributed by atoms with E-state index in [2.05, 4.69) is 15.0 Å². The van der Waals surface area contributed by atoms with Crippen molar-refractivity contribution in [2.75, 3.05) is 0 Å². The van der Waals surface area contributed by atoms with Crippen LogP contribution in [0.2, 0.25) is 0 Å². The standard InChI is InChI=1S/C9H15N3O2/c1-9(2,3)11-8(13)6-5-14-12-7(6)4-10/h5H,4,10H2,1-3H3,(H,11,13). The largest absolute Gasteiger partial charge is 0.364 e. The van der Waals surface area contributed by atoms with E-state index in [1.54, 1.807) is 0 Å². The van der Waals surface area contributed by atoms with Crippen LogP contribution in [0.15, 0.2) is 10.8 Å². The van der Waals surface area contributed by atoms with Crippen molar-refractivity contribution in [2.24, 2.45) is 5.73 Å². The molecule has 0 atom stereocenters. The molecule has 0 aliphatic heterocycles. The third-order valence-corrected chi connectivity index (χ3v) is 1.57. The van der Waals surface area contributed by atoms with Crippen LogP contribution < -0.4 is 11.1 Å². The van der Waals surface area contributed by atoms with Gasteiger partial charge in [-0.15, -0.1) is 0 Å². The number of carbonyl (C=O) groups is 1. The van der Waals surface area contributed by atoms with E-state index in [0.29, 0.717) is 11.3 Å². The molecule has 0 fully saturated rings. The second-order valence-electron chi connectivity index (χ2n) is 4.08. The number of nitrogens with zero attached hydrogens (tertiary/aromatic N) is 1. The summed E-state index contributed by atoms with van der Waals surface area (Å²) < 4.78 is 4.68. The first-order valence-corrected chi connectivity index (χ1v) is 4.40. The number of hydrogen-bond acceptors (Lipinski definition) is 4. The van der Waals surface area contributed by atoms with Gasteiger partial charge in [-0.05, 0) is 20.8 Å². The molecule has 1 amide bonds. The average Bonchev–Trinajstić information content (AvgIpc) is 2.47. The van der Waals surface area contributed by atoms with Crippen molar-refractivity contribution >= 4 is 5.91 Å². The second-order valence-corrected chi connectivity index (χ2v) is 4.08. The monoisotopic (exact) mass is 197 g/mol. The van der Waals surface area contributed by atoms with E-state index < -0.39 is 0 Å². The van der Waals surface area contributed by atoms with Crippen LogP contribution in [0.1, 0.15) is 36.8 Å². The molecule has 14 heavy (non-hydrogen) atoms. The highest BCUT2D eigenvalue weighted by molar-refractivity contribution is 5.95. The van der Waals surface area contributed by atoms with Crippen molar-refractivity contribution in [3.05, 3.63) is 17.5 Å². The maximum absolute atomic E-state index is 11.6. The molecule has 3 N–H and O–H groups in total. The van der Waals surface area contributed by atoms with Crippen LogP contribution in [0.4, 0.5) is 0 Å². The highest BCUT2D eigenvalue weighted by Crippen LogP contribution is 2.08. The molecular weight excluding hydrogens is 182 g/mol. The van der Waals surface area contributed by atoms with Gasteiger partial charge in [-0.1, -0.05) is 5.16 Å². The average molecular weight is 197 g/mol. The smallest absolute Gasteiger partial charge is 0.256 e. The fourth-order valence-electron chi connectivity index (χ4n) is 1.000. The van der Waals surface area contributed by atoms with Crippen molar-refractivity contribution in [1.82, 2.24) is 10.5 Å². The molecule has 0 aliphatic rings. The Labute approximate surface area is 82.6 Å². The minimum absolute atomic E-state index is 0.198. The second kappa shape index (κ2) is 3.79. The van der Waals surface area contributed by atoms with Crippen molar-refractivity contribution in [1.29, 1.82) is 0 Å². The van der Waals surface area contributed by atoms with Gasteiger partial charge in [0.1, 0.15) is 17.5 Å². The van der Waals surface area contributed by atoms with Crippen molar-refractivity contribution in [2.45, 2.75) is 32.9 Å². The Morgan fingerprint density at radius 3 is 2.79 bits per heavy atom. The van der Waals surface area contributed by atoms with Crippen LogP contribution in [0.3, 0.4) is 0 Å². The van der Waals surface area contributed by atoms with Gasteiger partial charge >= 0.3 is 0 Å². The Kier molecular flexibility index (Phi) is 2.90. The van der Waals surface area contributed by atoms with Crippen LogP contribution in [-0.4, -0.2) is 16.6 Å². The molecule has 0 saturated carbocycles. The first kappa shape index (κ1) is 10.7. The third-order valence-electron chi connectivity index (χ3n) is 1.57. The fraction of sp³-hybridized carbons (Fsp3) is 0.556. The molecule has 0 radical (unpaired) electrons. The zero-order valence-electron chi connectivity index (χ0n) is 8.63. The maximum Gasteiger partial charge on any atom is 0.256 e. The quantitative estimate of drug-likeness (QED) is 0.729. The summed E-state index contributed by atoms with van der Waals surface area (Å²) in [5, 5.41) is 6.43.